The predicted octanol–water partition coefficient (Wildman–Crippen LogP) is 2.14. The van der Waals surface area contributed by atoms with Crippen molar-refractivity contribution in [3.8, 4) is 0 Å². The van der Waals surface area contributed by atoms with E-state index in [1.54, 1.807) is 13.8 Å². The second kappa shape index (κ2) is 4.19. The Labute approximate surface area is 84.5 Å². The van der Waals surface area contributed by atoms with Crippen molar-refractivity contribution in [2.24, 2.45) is 0 Å². The SMILES string of the molecule is CCOC(=O)c1cc([N+](=O)[O-])sc1C. The molecule has 0 atom stereocenters. The smallest absolute Gasteiger partial charge is 0.339 e. The summed E-state index contributed by atoms with van der Waals surface area (Å²) in [7, 11) is 0. The Morgan fingerprint density at radius 1 is 1.71 bits per heavy atom. The third-order valence-corrected chi connectivity index (χ3v) is 2.58. The van der Waals surface area contributed by atoms with Crippen LogP contribution in [0.25, 0.3) is 0 Å². The number of carbonyl (C=O) groups excluding carboxylic acids is 1. The molecule has 0 fully saturated rings. The maximum atomic E-state index is 11.3. The number of nitro groups is 1. The fraction of sp³-hybridized carbons (Fsp3) is 0.375. The van der Waals surface area contributed by atoms with Gasteiger partial charge in [0, 0.05) is 10.9 Å². The Hall–Kier alpha value is -1.43. The molecule has 1 aromatic heterocycles. The lowest BCUT2D eigenvalue weighted by atomic mass is 10.3. The lowest BCUT2D eigenvalue weighted by molar-refractivity contribution is -0.380. The third-order valence-electron chi connectivity index (χ3n) is 1.58. The van der Waals surface area contributed by atoms with Gasteiger partial charge in [-0.2, -0.15) is 0 Å². The fourth-order valence-corrected chi connectivity index (χ4v) is 1.79. The zero-order valence-electron chi connectivity index (χ0n) is 7.77. The van der Waals surface area contributed by atoms with Crippen LogP contribution in [0, 0.1) is 17.0 Å². The van der Waals surface area contributed by atoms with E-state index in [1.165, 1.54) is 6.07 Å². The van der Waals surface area contributed by atoms with Crippen molar-refractivity contribution in [3.63, 3.8) is 0 Å². The first-order valence-corrected chi connectivity index (χ1v) is 4.79. The highest BCUT2D eigenvalue weighted by Crippen LogP contribution is 2.28. The highest BCUT2D eigenvalue weighted by molar-refractivity contribution is 7.15. The number of hydrogen-bond donors (Lipinski definition) is 0. The molecule has 6 heteroatoms. The number of esters is 1. The Bertz CT molecular complexity index is 371. The molecule has 76 valence electrons. The van der Waals surface area contributed by atoms with Crippen molar-refractivity contribution in [3.05, 3.63) is 26.6 Å². The first kappa shape index (κ1) is 10.6. The summed E-state index contributed by atoms with van der Waals surface area (Å²) in [6.45, 7) is 3.61. The molecular weight excluding hydrogens is 206 g/mol. The molecule has 1 aromatic rings. The molecule has 5 nitrogen and oxygen atoms in total. The van der Waals surface area contributed by atoms with E-state index in [0.717, 1.165) is 11.3 Å². The summed E-state index contributed by atoms with van der Waals surface area (Å²) in [5.74, 6) is -0.505. The van der Waals surface area contributed by atoms with Crippen molar-refractivity contribution >= 4 is 22.3 Å². The number of nitrogens with zero attached hydrogens (tertiary/aromatic N) is 1. The Morgan fingerprint density at radius 3 is 2.79 bits per heavy atom. The summed E-state index contributed by atoms with van der Waals surface area (Å²) in [5, 5.41) is 10.4. The van der Waals surface area contributed by atoms with E-state index in [-0.39, 0.29) is 17.2 Å². The second-order valence-electron chi connectivity index (χ2n) is 2.53. The van der Waals surface area contributed by atoms with E-state index in [2.05, 4.69) is 0 Å². The summed E-state index contributed by atoms with van der Waals surface area (Å²) in [4.78, 5) is 21.8. The molecule has 0 unspecified atom stereocenters. The monoisotopic (exact) mass is 215 g/mol. The number of rotatable bonds is 3. The van der Waals surface area contributed by atoms with Crippen LogP contribution in [0.5, 0.6) is 0 Å². The van der Waals surface area contributed by atoms with E-state index in [4.69, 9.17) is 4.74 Å². The molecule has 0 spiro atoms. The van der Waals surface area contributed by atoms with Gasteiger partial charge >= 0.3 is 11.0 Å². The molecule has 0 aromatic carbocycles. The van der Waals surface area contributed by atoms with Crippen molar-refractivity contribution in [2.75, 3.05) is 6.61 Å². The van der Waals surface area contributed by atoms with E-state index in [9.17, 15) is 14.9 Å². The van der Waals surface area contributed by atoms with Gasteiger partial charge in [0.1, 0.15) is 0 Å². The van der Waals surface area contributed by atoms with Crippen LogP contribution in [-0.2, 0) is 4.74 Å². The Morgan fingerprint density at radius 2 is 2.36 bits per heavy atom. The van der Waals surface area contributed by atoms with E-state index < -0.39 is 10.9 Å². The van der Waals surface area contributed by atoms with Gasteiger partial charge in [0.25, 0.3) is 0 Å². The molecule has 0 amide bonds. The van der Waals surface area contributed by atoms with Gasteiger partial charge in [0.2, 0.25) is 0 Å². The summed E-state index contributed by atoms with van der Waals surface area (Å²) < 4.78 is 4.75. The number of thiophene rings is 1. The average molecular weight is 215 g/mol. The van der Waals surface area contributed by atoms with Gasteiger partial charge in [-0.05, 0) is 13.8 Å². The van der Waals surface area contributed by atoms with Gasteiger partial charge < -0.3 is 4.74 Å². The van der Waals surface area contributed by atoms with E-state index >= 15 is 0 Å². The van der Waals surface area contributed by atoms with Gasteiger partial charge in [0.15, 0.2) is 0 Å². The molecule has 0 saturated carbocycles. The molecule has 1 rings (SSSR count). The molecule has 0 N–H and O–H groups in total. The normalized spacial score (nSPS) is 9.86. The minimum Gasteiger partial charge on any atom is -0.462 e. The average Bonchev–Trinajstić information content (AvgIpc) is 2.48. The topological polar surface area (TPSA) is 69.4 Å². The zero-order valence-corrected chi connectivity index (χ0v) is 8.59. The maximum absolute atomic E-state index is 11.3. The number of aryl methyl sites for hydroxylation is 1. The molecule has 0 radical (unpaired) electrons. The first-order chi connectivity index (χ1) is 6.56. The largest absolute Gasteiger partial charge is 0.462 e. The molecule has 1 heterocycles. The second-order valence-corrected chi connectivity index (χ2v) is 3.77. The minimum atomic E-state index is -0.513. The highest BCUT2D eigenvalue weighted by atomic mass is 32.1. The number of hydrogen-bond acceptors (Lipinski definition) is 5. The van der Waals surface area contributed by atoms with Crippen molar-refractivity contribution < 1.29 is 14.5 Å². The van der Waals surface area contributed by atoms with Gasteiger partial charge in [0.05, 0.1) is 17.1 Å². The van der Waals surface area contributed by atoms with Crippen molar-refractivity contribution in [2.45, 2.75) is 13.8 Å². The summed E-state index contributed by atoms with van der Waals surface area (Å²) in [6, 6.07) is 1.25. The van der Waals surface area contributed by atoms with E-state index in [0.29, 0.717) is 4.88 Å². The number of ether oxygens (including phenoxy) is 1. The fourth-order valence-electron chi connectivity index (χ4n) is 0.968. The summed E-state index contributed by atoms with van der Waals surface area (Å²) in [5.41, 5.74) is 0.281. The molecule has 14 heavy (non-hydrogen) atoms. The summed E-state index contributed by atoms with van der Waals surface area (Å²) in [6.07, 6.45) is 0. The molecule has 0 bridgehead atoms. The van der Waals surface area contributed by atoms with Crippen LogP contribution in [0.3, 0.4) is 0 Å². The van der Waals surface area contributed by atoms with Crippen molar-refractivity contribution in [1.29, 1.82) is 0 Å². The standard InChI is InChI=1S/C8H9NO4S/c1-3-13-8(10)6-4-7(9(11)12)14-5(6)2/h4H,3H2,1-2H3. The molecule has 0 saturated heterocycles. The van der Waals surface area contributed by atoms with Crippen LogP contribution in [0.15, 0.2) is 6.07 Å². The van der Waals surface area contributed by atoms with Gasteiger partial charge in [-0.25, -0.2) is 4.79 Å². The molecular formula is C8H9NO4S. The Balaban J connectivity index is 2.98. The van der Waals surface area contributed by atoms with Gasteiger partial charge in [-0.1, -0.05) is 11.3 Å². The summed E-state index contributed by atoms with van der Waals surface area (Å²) >= 11 is 0.977. The lowest BCUT2D eigenvalue weighted by Crippen LogP contribution is -2.04. The van der Waals surface area contributed by atoms with Crippen molar-refractivity contribution in [1.82, 2.24) is 0 Å². The van der Waals surface area contributed by atoms with Crippen LogP contribution < -0.4 is 0 Å². The van der Waals surface area contributed by atoms with Crippen LogP contribution >= 0.6 is 11.3 Å². The van der Waals surface area contributed by atoms with Gasteiger partial charge in [-0.15, -0.1) is 0 Å². The predicted molar refractivity (Wildman–Crippen MR) is 51.7 cm³/mol. The van der Waals surface area contributed by atoms with Gasteiger partial charge in [-0.3, -0.25) is 10.1 Å². The minimum absolute atomic E-state index is 0.0365. The Kier molecular flexibility index (Phi) is 3.19. The van der Waals surface area contributed by atoms with E-state index in [1.807, 2.05) is 0 Å². The lowest BCUT2D eigenvalue weighted by Gasteiger charge is -1.98. The highest BCUT2D eigenvalue weighted by Gasteiger charge is 2.19. The quantitative estimate of drug-likeness (QED) is 0.440. The maximum Gasteiger partial charge on any atom is 0.339 e. The molecule has 0 aliphatic rings. The molecule has 0 aliphatic carbocycles. The zero-order chi connectivity index (χ0) is 10.7. The van der Waals surface area contributed by atoms with Crippen LogP contribution in [0.2, 0.25) is 0 Å². The first-order valence-electron chi connectivity index (χ1n) is 3.98. The van der Waals surface area contributed by atoms with Crippen LogP contribution in [0.1, 0.15) is 22.2 Å². The third kappa shape index (κ3) is 2.08. The van der Waals surface area contributed by atoms with Crippen LogP contribution in [-0.4, -0.2) is 17.5 Å². The number of carbonyl (C=O) groups is 1. The van der Waals surface area contributed by atoms with Crippen LogP contribution in [0.4, 0.5) is 5.00 Å². The molecule has 0 aliphatic heterocycles.